The van der Waals surface area contributed by atoms with E-state index in [1.54, 1.807) is 6.92 Å². The summed E-state index contributed by atoms with van der Waals surface area (Å²) in [6.07, 6.45) is 2.91. The number of benzene rings is 1. The van der Waals surface area contributed by atoms with E-state index >= 15 is 0 Å². The molecule has 1 aromatic carbocycles. The van der Waals surface area contributed by atoms with Gasteiger partial charge in [-0.15, -0.1) is 0 Å². The van der Waals surface area contributed by atoms with E-state index in [0.717, 1.165) is 6.07 Å². The third kappa shape index (κ3) is 3.28. The highest BCUT2D eigenvalue weighted by atomic mass is 19.1. The van der Waals surface area contributed by atoms with Gasteiger partial charge in [0.2, 0.25) is 0 Å². The second-order valence-electron chi connectivity index (χ2n) is 4.34. The van der Waals surface area contributed by atoms with Gasteiger partial charge in [-0.3, -0.25) is 14.2 Å². The van der Waals surface area contributed by atoms with Gasteiger partial charge in [-0.2, -0.15) is 0 Å². The number of hydrogen-bond donors (Lipinski definition) is 1. The van der Waals surface area contributed by atoms with Crippen LogP contribution in [-0.4, -0.2) is 22.0 Å². The molecular formula is C14H14FN3O2. The molecule has 0 atom stereocenters. The minimum Gasteiger partial charge on any atom is -0.350 e. The van der Waals surface area contributed by atoms with E-state index < -0.39 is 5.82 Å². The van der Waals surface area contributed by atoms with Crippen LogP contribution in [0.15, 0.2) is 41.6 Å². The standard InChI is InChI=1S/C14H14FN3O2/c1-10-8-16-9-18(14(10)20)6-5-17-13(19)11-3-2-4-12(15)7-11/h2-4,7-9H,5-6H2,1H3,(H,17,19). The van der Waals surface area contributed by atoms with Crippen LogP contribution < -0.4 is 10.9 Å². The van der Waals surface area contributed by atoms with Crippen LogP contribution in [0.4, 0.5) is 4.39 Å². The topological polar surface area (TPSA) is 64.0 Å². The lowest BCUT2D eigenvalue weighted by atomic mass is 10.2. The molecule has 1 heterocycles. The first-order valence-corrected chi connectivity index (χ1v) is 6.13. The monoisotopic (exact) mass is 275 g/mol. The molecule has 0 radical (unpaired) electrons. The van der Waals surface area contributed by atoms with Crippen molar-refractivity contribution >= 4 is 5.91 Å². The summed E-state index contributed by atoms with van der Waals surface area (Å²) in [5.74, 6) is -0.838. The molecule has 0 fully saturated rings. The number of hydrogen-bond acceptors (Lipinski definition) is 3. The van der Waals surface area contributed by atoms with Gasteiger partial charge < -0.3 is 5.32 Å². The molecule has 1 N–H and O–H groups in total. The summed E-state index contributed by atoms with van der Waals surface area (Å²) in [5, 5.41) is 2.63. The van der Waals surface area contributed by atoms with Gasteiger partial charge in [0.15, 0.2) is 0 Å². The predicted octanol–water partition coefficient (Wildman–Crippen LogP) is 1.12. The predicted molar refractivity (Wildman–Crippen MR) is 72.0 cm³/mol. The van der Waals surface area contributed by atoms with E-state index in [2.05, 4.69) is 10.3 Å². The van der Waals surface area contributed by atoms with Gasteiger partial charge in [-0.05, 0) is 25.1 Å². The molecule has 1 aromatic heterocycles. The summed E-state index contributed by atoms with van der Waals surface area (Å²) in [5.41, 5.74) is 0.656. The first-order valence-electron chi connectivity index (χ1n) is 6.13. The van der Waals surface area contributed by atoms with Crippen molar-refractivity contribution in [3.63, 3.8) is 0 Å². The Balaban J connectivity index is 1.95. The maximum absolute atomic E-state index is 13.0. The highest BCUT2D eigenvalue weighted by molar-refractivity contribution is 5.94. The fourth-order valence-corrected chi connectivity index (χ4v) is 1.74. The molecule has 2 rings (SSSR count). The largest absolute Gasteiger partial charge is 0.350 e. The average Bonchev–Trinajstić information content (AvgIpc) is 2.43. The normalized spacial score (nSPS) is 10.3. The highest BCUT2D eigenvalue weighted by Crippen LogP contribution is 2.02. The number of halogens is 1. The zero-order valence-corrected chi connectivity index (χ0v) is 11.0. The minimum atomic E-state index is -0.461. The van der Waals surface area contributed by atoms with E-state index in [9.17, 15) is 14.0 Å². The molecule has 0 aliphatic carbocycles. The fourth-order valence-electron chi connectivity index (χ4n) is 1.74. The lowest BCUT2D eigenvalue weighted by Gasteiger charge is -2.07. The maximum Gasteiger partial charge on any atom is 0.256 e. The number of rotatable bonds is 4. The zero-order valence-electron chi connectivity index (χ0n) is 11.0. The molecule has 0 saturated carbocycles. The van der Waals surface area contributed by atoms with Crippen molar-refractivity contribution in [3.05, 3.63) is 64.1 Å². The summed E-state index contributed by atoms with van der Waals surface area (Å²) < 4.78 is 14.4. The second-order valence-corrected chi connectivity index (χ2v) is 4.34. The van der Waals surface area contributed by atoms with E-state index in [-0.39, 0.29) is 23.6 Å². The lowest BCUT2D eigenvalue weighted by molar-refractivity contribution is 0.0951. The summed E-state index contributed by atoms with van der Waals surface area (Å²) >= 11 is 0. The van der Waals surface area contributed by atoms with Gasteiger partial charge in [0.05, 0.1) is 6.33 Å². The number of amides is 1. The summed E-state index contributed by atoms with van der Waals surface area (Å²) in [7, 11) is 0. The third-order valence-electron chi connectivity index (χ3n) is 2.80. The quantitative estimate of drug-likeness (QED) is 0.909. The van der Waals surface area contributed by atoms with Crippen molar-refractivity contribution in [1.29, 1.82) is 0 Å². The van der Waals surface area contributed by atoms with Crippen LogP contribution in [0.2, 0.25) is 0 Å². The Kier molecular flexibility index (Phi) is 4.24. The summed E-state index contributed by atoms with van der Waals surface area (Å²) in [4.78, 5) is 27.4. The van der Waals surface area contributed by atoms with Crippen molar-refractivity contribution in [2.45, 2.75) is 13.5 Å². The van der Waals surface area contributed by atoms with Crippen molar-refractivity contribution < 1.29 is 9.18 Å². The smallest absolute Gasteiger partial charge is 0.256 e. The number of aromatic nitrogens is 2. The van der Waals surface area contributed by atoms with Crippen molar-refractivity contribution in [1.82, 2.24) is 14.9 Å². The third-order valence-corrected chi connectivity index (χ3v) is 2.80. The number of carbonyl (C=O) groups is 1. The Labute approximate surface area is 115 Å². The molecule has 6 heteroatoms. The van der Waals surface area contributed by atoms with E-state index in [1.165, 1.54) is 35.3 Å². The molecule has 0 bridgehead atoms. The van der Waals surface area contributed by atoms with Gasteiger partial charge in [0, 0.05) is 30.4 Å². The van der Waals surface area contributed by atoms with E-state index in [1.807, 2.05) is 0 Å². The average molecular weight is 275 g/mol. The molecule has 0 unspecified atom stereocenters. The van der Waals surface area contributed by atoms with Crippen LogP contribution in [0.1, 0.15) is 15.9 Å². The van der Waals surface area contributed by atoms with Crippen LogP contribution in [0, 0.1) is 12.7 Å². The molecule has 1 amide bonds. The van der Waals surface area contributed by atoms with Gasteiger partial charge in [-0.25, -0.2) is 9.37 Å². The zero-order chi connectivity index (χ0) is 14.5. The van der Waals surface area contributed by atoms with Gasteiger partial charge in [-0.1, -0.05) is 6.07 Å². The highest BCUT2D eigenvalue weighted by Gasteiger charge is 2.06. The molecule has 5 nitrogen and oxygen atoms in total. The molecule has 20 heavy (non-hydrogen) atoms. The second kappa shape index (κ2) is 6.10. The Morgan fingerprint density at radius 3 is 3.00 bits per heavy atom. The van der Waals surface area contributed by atoms with Gasteiger partial charge >= 0.3 is 0 Å². The van der Waals surface area contributed by atoms with Crippen LogP contribution >= 0.6 is 0 Å². The molecule has 0 aliphatic heterocycles. The Bertz CT molecular complexity index is 682. The van der Waals surface area contributed by atoms with Gasteiger partial charge in [0.25, 0.3) is 11.5 Å². The molecule has 0 aliphatic rings. The van der Waals surface area contributed by atoms with Crippen LogP contribution in [0.25, 0.3) is 0 Å². The fraction of sp³-hybridized carbons (Fsp3) is 0.214. The summed E-state index contributed by atoms with van der Waals surface area (Å²) in [6, 6.07) is 5.43. The summed E-state index contributed by atoms with van der Waals surface area (Å²) in [6.45, 7) is 2.26. The number of aryl methyl sites for hydroxylation is 1. The van der Waals surface area contributed by atoms with Crippen LogP contribution in [-0.2, 0) is 6.54 Å². The van der Waals surface area contributed by atoms with Crippen molar-refractivity contribution in [2.75, 3.05) is 6.54 Å². The first kappa shape index (κ1) is 13.9. The molecule has 104 valence electrons. The Hall–Kier alpha value is -2.50. The molecule has 2 aromatic rings. The lowest BCUT2D eigenvalue weighted by Crippen LogP contribution is -2.31. The Morgan fingerprint density at radius 1 is 1.45 bits per heavy atom. The molecular weight excluding hydrogens is 261 g/mol. The van der Waals surface area contributed by atoms with Gasteiger partial charge in [0.1, 0.15) is 5.82 Å². The van der Waals surface area contributed by atoms with E-state index in [4.69, 9.17) is 0 Å². The number of nitrogens with zero attached hydrogens (tertiary/aromatic N) is 2. The van der Waals surface area contributed by atoms with E-state index in [0.29, 0.717) is 12.1 Å². The van der Waals surface area contributed by atoms with Crippen molar-refractivity contribution in [3.8, 4) is 0 Å². The first-order chi connectivity index (χ1) is 9.58. The number of carbonyl (C=O) groups excluding carboxylic acids is 1. The van der Waals surface area contributed by atoms with Crippen LogP contribution in [0.3, 0.4) is 0 Å². The van der Waals surface area contributed by atoms with Crippen molar-refractivity contribution in [2.24, 2.45) is 0 Å². The minimum absolute atomic E-state index is 0.139. The molecule has 0 saturated heterocycles. The molecule has 0 spiro atoms. The number of nitrogens with one attached hydrogen (secondary N) is 1. The van der Waals surface area contributed by atoms with Crippen LogP contribution in [0.5, 0.6) is 0 Å². The Morgan fingerprint density at radius 2 is 2.25 bits per heavy atom. The SMILES string of the molecule is Cc1cncn(CCNC(=O)c2cccc(F)c2)c1=O. The maximum atomic E-state index is 13.0.